The van der Waals surface area contributed by atoms with Crippen LogP contribution in [-0.2, 0) is 6.54 Å². The molecule has 3 nitrogen and oxygen atoms in total. The fraction of sp³-hybridized carbons (Fsp3) is 0.235. The van der Waals surface area contributed by atoms with Gasteiger partial charge in [0.2, 0.25) is 0 Å². The van der Waals surface area contributed by atoms with Crippen LogP contribution in [0.5, 0.6) is 0 Å². The van der Waals surface area contributed by atoms with Crippen LogP contribution in [0.25, 0.3) is 0 Å². The van der Waals surface area contributed by atoms with E-state index in [0.29, 0.717) is 5.56 Å². The molecular weight excluding hydrogens is 328 g/mol. The minimum absolute atomic E-state index is 0.0872. The molecule has 21 heavy (non-hydrogen) atoms. The lowest BCUT2D eigenvalue weighted by atomic mass is 10.1. The first-order chi connectivity index (χ1) is 9.97. The summed E-state index contributed by atoms with van der Waals surface area (Å²) in [6.07, 6.45) is 0. The maximum atomic E-state index is 12.4. The normalized spacial score (nSPS) is 10.7. The molecule has 2 aromatic rings. The van der Waals surface area contributed by atoms with Gasteiger partial charge in [-0.2, -0.15) is 0 Å². The molecule has 4 heteroatoms. The third-order valence-corrected chi connectivity index (χ3v) is 4.06. The smallest absolute Gasteiger partial charge is 0.255 e. The second-order valence-corrected chi connectivity index (χ2v) is 6.16. The van der Waals surface area contributed by atoms with Gasteiger partial charge >= 0.3 is 0 Å². The summed E-state index contributed by atoms with van der Waals surface area (Å²) in [5.74, 6) is -0.0872. The molecule has 110 valence electrons. The van der Waals surface area contributed by atoms with Gasteiger partial charge in [-0.05, 0) is 56.4 Å². The molecule has 1 N–H and O–H groups in total. The van der Waals surface area contributed by atoms with Crippen LogP contribution in [0.1, 0.15) is 21.5 Å². The van der Waals surface area contributed by atoms with Crippen LogP contribution in [0.2, 0.25) is 0 Å². The third-order valence-electron chi connectivity index (χ3n) is 3.20. The lowest BCUT2D eigenvalue weighted by Gasteiger charge is -2.12. The van der Waals surface area contributed by atoms with E-state index in [4.69, 9.17) is 0 Å². The molecule has 0 saturated carbocycles. The van der Waals surface area contributed by atoms with Crippen molar-refractivity contribution in [2.24, 2.45) is 0 Å². The Morgan fingerprint density at radius 3 is 2.62 bits per heavy atom. The first-order valence-corrected chi connectivity index (χ1v) is 7.57. The van der Waals surface area contributed by atoms with Crippen LogP contribution in [0, 0.1) is 6.92 Å². The number of hydrogen-bond acceptors (Lipinski definition) is 2. The molecule has 0 aliphatic heterocycles. The Hall–Kier alpha value is -1.65. The van der Waals surface area contributed by atoms with E-state index in [9.17, 15) is 4.79 Å². The van der Waals surface area contributed by atoms with E-state index in [-0.39, 0.29) is 5.91 Å². The predicted octanol–water partition coefficient (Wildman–Crippen LogP) is 4.07. The summed E-state index contributed by atoms with van der Waals surface area (Å²) in [7, 11) is 4.05. The molecule has 0 heterocycles. The number of benzene rings is 2. The summed E-state index contributed by atoms with van der Waals surface area (Å²) in [6, 6.07) is 13.6. The molecule has 0 fully saturated rings. The number of amides is 1. The highest BCUT2D eigenvalue weighted by Crippen LogP contribution is 2.21. The zero-order valence-electron chi connectivity index (χ0n) is 12.5. The highest BCUT2D eigenvalue weighted by molar-refractivity contribution is 9.10. The highest BCUT2D eigenvalue weighted by atomic mass is 79.9. The van der Waals surface area contributed by atoms with Crippen molar-refractivity contribution in [3.05, 3.63) is 63.6 Å². The Labute approximate surface area is 134 Å². The van der Waals surface area contributed by atoms with Gasteiger partial charge in [0.25, 0.3) is 5.91 Å². The van der Waals surface area contributed by atoms with Gasteiger partial charge in [-0.3, -0.25) is 4.79 Å². The maximum absolute atomic E-state index is 12.4. The molecule has 0 saturated heterocycles. The van der Waals surface area contributed by atoms with Gasteiger partial charge in [-0.25, -0.2) is 0 Å². The minimum Gasteiger partial charge on any atom is -0.322 e. The van der Waals surface area contributed by atoms with Crippen molar-refractivity contribution in [1.82, 2.24) is 4.90 Å². The molecule has 2 aromatic carbocycles. The Kier molecular flexibility index (Phi) is 5.15. The number of carbonyl (C=O) groups is 1. The zero-order valence-corrected chi connectivity index (χ0v) is 14.1. The number of nitrogens with one attached hydrogen (secondary N) is 1. The van der Waals surface area contributed by atoms with Crippen molar-refractivity contribution >= 4 is 27.5 Å². The van der Waals surface area contributed by atoms with Gasteiger partial charge in [0.05, 0.1) is 0 Å². The fourth-order valence-corrected chi connectivity index (χ4v) is 2.53. The highest BCUT2D eigenvalue weighted by Gasteiger charge is 2.11. The standard InChI is InChI=1S/C17H19BrN2O/c1-12-15(8-5-9-16(12)18)17(21)19-14-7-4-6-13(10-14)11-20(2)3/h4-10H,11H2,1-3H3,(H,19,21). The summed E-state index contributed by atoms with van der Waals surface area (Å²) in [5.41, 5.74) is 3.62. The van der Waals surface area contributed by atoms with Crippen LogP contribution >= 0.6 is 15.9 Å². The van der Waals surface area contributed by atoms with E-state index in [0.717, 1.165) is 22.3 Å². The van der Waals surface area contributed by atoms with Gasteiger partial charge in [-0.15, -0.1) is 0 Å². The molecule has 0 aliphatic rings. The number of rotatable bonds is 4. The van der Waals surface area contributed by atoms with Crippen LogP contribution in [0.15, 0.2) is 46.9 Å². The molecule has 0 aliphatic carbocycles. The maximum Gasteiger partial charge on any atom is 0.255 e. The van der Waals surface area contributed by atoms with Crippen molar-refractivity contribution in [1.29, 1.82) is 0 Å². The van der Waals surface area contributed by atoms with Crippen molar-refractivity contribution in [3.8, 4) is 0 Å². The molecule has 0 radical (unpaired) electrons. The average molecular weight is 347 g/mol. The SMILES string of the molecule is Cc1c(Br)cccc1C(=O)Nc1cccc(CN(C)C)c1. The Balaban J connectivity index is 2.18. The van der Waals surface area contributed by atoms with Gasteiger partial charge < -0.3 is 10.2 Å². The topological polar surface area (TPSA) is 32.3 Å². The summed E-state index contributed by atoms with van der Waals surface area (Å²) < 4.78 is 0.941. The number of carbonyl (C=O) groups excluding carboxylic acids is 1. The lowest BCUT2D eigenvalue weighted by Crippen LogP contribution is -2.14. The summed E-state index contributed by atoms with van der Waals surface area (Å²) in [5, 5.41) is 2.96. The fourth-order valence-electron chi connectivity index (χ4n) is 2.16. The van der Waals surface area contributed by atoms with E-state index in [1.165, 1.54) is 5.56 Å². The molecular formula is C17H19BrN2O. The molecule has 0 aromatic heterocycles. The number of anilines is 1. The van der Waals surface area contributed by atoms with Crippen LogP contribution in [0.4, 0.5) is 5.69 Å². The van der Waals surface area contributed by atoms with Crippen LogP contribution < -0.4 is 5.32 Å². The van der Waals surface area contributed by atoms with Gasteiger partial charge in [-0.1, -0.05) is 34.1 Å². The third kappa shape index (κ3) is 4.16. The van der Waals surface area contributed by atoms with Crippen LogP contribution in [0.3, 0.4) is 0 Å². The predicted molar refractivity (Wildman–Crippen MR) is 90.7 cm³/mol. The summed E-state index contributed by atoms with van der Waals surface area (Å²) >= 11 is 3.45. The molecule has 1 amide bonds. The Morgan fingerprint density at radius 2 is 1.90 bits per heavy atom. The molecule has 0 atom stereocenters. The second kappa shape index (κ2) is 6.87. The van der Waals surface area contributed by atoms with E-state index in [1.54, 1.807) is 0 Å². The average Bonchev–Trinajstić information content (AvgIpc) is 2.41. The quantitative estimate of drug-likeness (QED) is 0.904. The lowest BCUT2D eigenvalue weighted by molar-refractivity contribution is 0.102. The monoisotopic (exact) mass is 346 g/mol. The second-order valence-electron chi connectivity index (χ2n) is 5.30. The van der Waals surface area contributed by atoms with Gasteiger partial charge in [0, 0.05) is 22.3 Å². The number of nitrogens with zero attached hydrogens (tertiary/aromatic N) is 1. The first kappa shape index (κ1) is 15.7. The number of halogens is 1. The van der Waals surface area contributed by atoms with E-state index >= 15 is 0 Å². The Morgan fingerprint density at radius 1 is 1.19 bits per heavy atom. The van der Waals surface area contributed by atoms with Crippen molar-refractivity contribution in [2.45, 2.75) is 13.5 Å². The minimum atomic E-state index is -0.0872. The van der Waals surface area contributed by atoms with Gasteiger partial charge in [0.15, 0.2) is 0 Å². The Bertz CT molecular complexity index is 653. The largest absolute Gasteiger partial charge is 0.322 e. The van der Waals surface area contributed by atoms with E-state index in [2.05, 4.69) is 32.2 Å². The molecule has 0 unspecified atom stereocenters. The molecule has 0 bridgehead atoms. The van der Waals surface area contributed by atoms with E-state index in [1.807, 2.05) is 57.4 Å². The van der Waals surface area contributed by atoms with Crippen molar-refractivity contribution in [3.63, 3.8) is 0 Å². The summed E-state index contributed by atoms with van der Waals surface area (Å²) in [6.45, 7) is 2.78. The molecule has 0 spiro atoms. The zero-order chi connectivity index (χ0) is 15.4. The molecule has 2 rings (SSSR count). The summed E-state index contributed by atoms with van der Waals surface area (Å²) in [4.78, 5) is 14.5. The number of hydrogen-bond donors (Lipinski definition) is 1. The van der Waals surface area contributed by atoms with Crippen molar-refractivity contribution in [2.75, 3.05) is 19.4 Å². The van der Waals surface area contributed by atoms with Crippen LogP contribution in [-0.4, -0.2) is 24.9 Å². The first-order valence-electron chi connectivity index (χ1n) is 6.77. The van der Waals surface area contributed by atoms with E-state index < -0.39 is 0 Å². The van der Waals surface area contributed by atoms with Crippen molar-refractivity contribution < 1.29 is 4.79 Å². The van der Waals surface area contributed by atoms with Gasteiger partial charge in [0.1, 0.15) is 0 Å².